The number of rotatable bonds is 5. The first-order valence-corrected chi connectivity index (χ1v) is 8.84. The van der Waals surface area contributed by atoms with Gasteiger partial charge < -0.3 is 9.47 Å². The fourth-order valence-electron chi connectivity index (χ4n) is 3.98. The van der Waals surface area contributed by atoms with E-state index in [9.17, 15) is 0 Å². The predicted molar refractivity (Wildman–Crippen MR) is 104 cm³/mol. The zero-order chi connectivity index (χ0) is 18.3. The lowest BCUT2D eigenvalue weighted by atomic mass is 9.90. The molecule has 130 valence electrons. The van der Waals surface area contributed by atoms with Crippen molar-refractivity contribution in [3.05, 3.63) is 58.8 Å². The van der Waals surface area contributed by atoms with E-state index >= 15 is 0 Å². The molecule has 4 rings (SSSR count). The van der Waals surface area contributed by atoms with E-state index in [1.165, 1.54) is 16.7 Å². The number of benzene rings is 2. The maximum absolute atomic E-state index is 5.93. The molecule has 2 radical (unpaired) electrons. The maximum Gasteiger partial charge on any atom is 0.161 e. The Morgan fingerprint density at radius 1 is 1.12 bits per heavy atom. The third kappa shape index (κ3) is 2.59. The average molecular weight is 344 g/mol. The zero-order valence-electron chi connectivity index (χ0n) is 15.3. The number of nitrogens with one attached hydrogen (secondary N) is 1. The van der Waals surface area contributed by atoms with E-state index in [0.29, 0.717) is 5.92 Å². The smallest absolute Gasteiger partial charge is 0.161 e. The minimum Gasteiger partial charge on any atom is -0.493 e. The van der Waals surface area contributed by atoms with Crippen LogP contribution in [0.25, 0.3) is 11.3 Å². The molecule has 26 heavy (non-hydrogen) atoms. The molecule has 1 aromatic heterocycles. The fraction of sp³-hybridized carbons (Fsp3) is 0.286. The first kappa shape index (κ1) is 16.8. The molecular weight excluding hydrogens is 323 g/mol. The van der Waals surface area contributed by atoms with Crippen molar-refractivity contribution in [2.24, 2.45) is 0 Å². The van der Waals surface area contributed by atoms with E-state index in [2.05, 4.69) is 29.3 Å². The SMILES string of the molecule is [B]c1cccc(Cc2[nH]nc3c2[C@H](CC)c2cc(OC)c(OC)cc2-3)c1. The van der Waals surface area contributed by atoms with Crippen LogP contribution in [0.15, 0.2) is 36.4 Å². The number of aromatic nitrogens is 2. The van der Waals surface area contributed by atoms with Crippen LogP contribution >= 0.6 is 0 Å². The molecule has 0 aliphatic heterocycles. The fourth-order valence-corrected chi connectivity index (χ4v) is 3.98. The van der Waals surface area contributed by atoms with Crippen LogP contribution in [0.5, 0.6) is 11.5 Å². The molecule has 0 fully saturated rings. The predicted octanol–water partition coefficient (Wildman–Crippen LogP) is 3.33. The van der Waals surface area contributed by atoms with Crippen molar-refractivity contribution < 1.29 is 9.47 Å². The summed E-state index contributed by atoms with van der Waals surface area (Å²) in [6.07, 6.45) is 1.78. The lowest BCUT2D eigenvalue weighted by Crippen LogP contribution is -2.05. The molecule has 3 aromatic rings. The molecular formula is C21H21BN2O2. The van der Waals surface area contributed by atoms with E-state index < -0.39 is 0 Å². The van der Waals surface area contributed by atoms with Gasteiger partial charge in [0.1, 0.15) is 7.85 Å². The highest BCUT2D eigenvalue weighted by Crippen LogP contribution is 2.50. The van der Waals surface area contributed by atoms with Crippen LogP contribution < -0.4 is 14.9 Å². The number of H-pyrrole nitrogens is 1. The zero-order valence-corrected chi connectivity index (χ0v) is 15.3. The third-order valence-corrected chi connectivity index (χ3v) is 5.16. The largest absolute Gasteiger partial charge is 0.493 e. The van der Waals surface area contributed by atoms with Crippen LogP contribution in [0, 0.1) is 0 Å². The lowest BCUT2D eigenvalue weighted by molar-refractivity contribution is 0.354. The van der Waals surface area contributed by atoms with E-state index in [4.69, 9.17) is 17.3 Å². The van der Waals surface area contributed by atoms with Crippen molar-refractivity contribution in [3.8, 4) is 22.8 Å². The second kappa shape index (κ2) is 6.56. The second-order valence-electron chi connectivity index (χ2n) is 6.64. The van der Waals surface area contributed by atoms with Gasteiger partial charge in [0.25, 0.3) is 0 Å². The van der Waals surface area contributed by atoms with Crippen LogP contribution in [0.4, 0.5) is 0 Å². The summed E-state index contributed by atoms with van der Waals surface area (Å²) in [6, 6.07) is 12.1. The van der Waals surface area contributed by atoms with Crippen molar-refractivity contribution in [2.45, 2.75) is 25.7 Å². The molecule has 0 saturated heterocycles. The molecule has 0 spiro atoms. The summed E-state index contributed by atoms with van der Waals surface area (Å²) in [5.74, 6) is 1.79. The number of fused-ring (bicyclic) bond motifs is 3. The monoisotopic (exact) mass is 344 g/mol. The Labute approximate surface area is 155 Å². The van der Waals surface area contributed by atoms with Gasteiger partial charge >= 0.3 is 0 Å². The summed E-state index contributed by atoms with van der Waals surface area (Å²) >= 11 is 0. The Morgan fingerprint density at radius 2 is 1.88 bits per heavy atom. The Morgan fingerprint density at radius 3 is 2.58 bits per heavy atom. The third-order valence-electron chi connectivity index (χ3n) is 5.16. The van der Waals surface area contributed by atoms with Crippen molar-refractivity contribution >= 4 is 13.3 Å². The molecule has 2 aromatic carbocycles. The second-order valence-corrected chi connectivity index (χ2v) is 6.64. The van der Waals surface area contributed by atoms with Crippen LogP contribution in [-0.2, 0) is 6.42 Å². The van der Waals surface area contributed by atoms with Gasteiger partial charge in [0.05, 0.1) is 19.9 Å². The standard InChI is InChI=1S/C21H21BN2O2/c1-4-14-15-10-18(25-2)19(26-3)11-16(15)21-20(14)17(23-24-21)9-12-6-5-7-13(22)8-12/h5-8,10-11,14H,4,9H2,1-3H3,(H,23,24)/t14-/m1/s1. The highest BCUT2D eigenvalue weighted by atomic mass is 16.5. The number of aromatic amines is 1. The number of nitrogens with zero attached hydrogens (tertiary/aromatic N) is 1. The summed E-state index contributed by atoms with van der Waals surface area (Å²) in [4.78, 5) is 0. The van der Waals surface area contributed by atoms with Gasteiger partial charge in [-0.25, -0.2) is 0 Å². The van der Waals surface area contributed by atoms with Crippen LogP contribution in [0.2, 0.25) is 0 Å². The molecule has 1 heterocycles. The quantitative estimate of drug-likeness (QED) is 0.722. The first-order valence-electron chi connectivity index (χ1n) is 8.84. The minimum atomic E-state index is 0.301. The number of methoxy groups -OCH3 is 2. The Kier molecular flexibility index (Phi) is 4.23. The molecule has 0 saturated carbocycles. The summed E-state index contributed by atoms with van der Waals surface area (Å²) in [5, 5.41) is 7.89. The number of hydrogen-bond donors (Lipinski definition) is 1. The number of ether oxygens (including phenoxy) is 2. The maximum atomic E-state index is 5.93. The van der Waals surface area contributed by atoms with Crippen molar-refractivity contribution in [3.63, 3.8) is 0 Å². The summed E-state index contributed by atoms with van der Waals surface area (Å²) in [7, 11) is 9.26. The van der Waals surface area contributed by atoms with Gasteiger partial charge in [0.15, 0.2) is 11.5 Å². The van der Waals surface area contributed by atoms with E-state index in [0.717, 1.165) is 46.8 Å². The summed E-state index contributed by atoms with van der Waals surface area (Å²) in [5.41, 5.74) is 7.78. The molecule has 0 bridgehead atoms. The molecule has 4 nitrogen and oxygen atoms in total. The van der Waals surface area contributed by atoms with Gasteiger partial charge in [-0.15, -0.1) is 0 Å². The first-order chi connectivity index (χ1) is 12.7. The van der Waals surface area contributed by atoms with Gasteiger partial charge in [-0.3, -0.25) is 5.10 Å². The van der Waals surface area contributed by atoms with E-state index in [1.54, 1.807) is 14.2 Å². The van der Waals surface area contributed by atoms with Gasteiger partial charge in [-0.05, 0) is 29.7 Å². The van der Waals surface area contributed by atoms with Gasteiger partial charge in [-0.2, -0.15) is 5.10 Å². The van der Waals surface area contributed by atoms with Crippen LogP contribution in [0.3, 0.4) is 0 Å². The Balaban J connectivity index is 1.80. The topological polar surface area (TPSA) is 47.1 Å². The van der Waals surface area contributed by atoms with E-state index in [-0.39, 0.29) is 0 Å². The van der Waals surface area contributed by atoms with Crippen molar-refractivity contribution in [2.75, 3.05) is 14.2 Å². The average Bonchev–Trinajstić information content (AvgIpc) is 3.18. The lowest BCUT2D eigenvalue weighted by Gasteiger charge is -2.15. The van der Waals surface area contributed by atoms with Gasteiger partial charge in [0, 0.05) is 29.2 Å². The van der Waals surface area contributed by atoms with Crippen LogP contribution in [0.1, 0.15) is 41.6 Å². The Bertz CT molecular complexity index is 965. The summed E-state index contributed by atoms with van der Waals surface area (Å²) < 4.78 is 11.0. The highest BCUT2D eigenvalue weighted by molar-refractivity contribution is 6.32. The van der Waals surface area contributed by atoms with E-state index in [1.807, 2.05) is 24.3 Å². The van der Waals surface area contributed by atoms with Crippen molar-refractivity contribution in [1.82, 2.24) is 10.2 Å². The summed E-state index contributed by atoms with van der Waals surface area (Å²) in [6.45, 7) is 2.21. The van der Waals surface area contributed by atoms with Crippen molar-refractivity contribution in [1.29, 1.82) is 0 Å². The number of hydrogen-bond acceptors (Lipinski definition) is 3. The highest BCUT2D eigenvalue weighted by Gasteiger charge is 2.34. The molecule has 1 aliphatic carbocycles. The van der Waals surface area contributed by atoms with Crippen LogP contribution in [-0.4, -0.2) is 32.3 Å². The minimum absolute atomic E-state index is 0.301. The molecule has 0 amide bonds. The molecule has 1 aliphatic rings. The van der Waals surface area contributed by atoms with Gasteiger partial charge in [0.2, 0.25) is 0 Å². The normalized spacial score (nSPS) is 14.8. The molecule has 0 unspecified atom stereocenters. The molecule has 1 N–H and O–H groups in total. The van der Waals surface area contributed by atoms with Gasteiger partial charge in [-0.1, -0.05) is 36.7 Å². The Hall–Kier alpha value is -2.69. The molecule has 1 atom stereocenters. The molecule has 5 heteroatoms.